The van der Waals surface area contributed by atoms with E-state index in [0.717, 1.165) is 25.9 Å². The van der Waals surface area contributed by atoms with Crippen molar-refractivity contribution in [1.29, 1.82) is 0 Å². The highest BCUT2D eigenvalue weighted by molar-refractivity contribution is 5.76. The molecule has 100 valence electrons. The minimum atomic E-state index is 0.239. The largest absolute Gasteiger partial charge is 0.377 e. The molecule has 17 heavy (non-hydrogen) atoms. The highest BCUT2D eigenvalue weighted by Crippen LogP contribution is 2.16. The number of rotatable bonds is 6. The van der Waals surface area contributed by atoms with Crippen LogP contribution in [-0.2, 0) is 9.53 Å². The zero-order valence-corrected chi connectivity index (χ0v) is 11.4. The molecule has 0 bridgehead atoms. The van der Waals surface area contributed by atoms with Gasteiger partial charge < -0.3 is 15.0 Å². The first-order valence-electron chi connectivity index (χ1n) is 6.66. The van der Waals surface area contributed by atoms with Crippen molar-refractivity contribution in [2.75, 3.05) is 33.3 Å². The van der Waals surface area contributed by atoms with Crippen molar-refractivity contribution in [3.63, 3.8) is 0 Å². The van der Waals surface area contributed by atoms with Gasteiger partial charge in [0.05, 0.1) is 12.7 Å². The maximum Gasteiger partial charge on any atom is 0.222 e. The third kappa shape index (κ3) is 6.03. The molecule has 0 aliphatic carbocycles. The lowest BCUT2D eigenvalue weighted by molar-refractivity contribution is -0.132. The third-order valence-electron chi connectivity index (χ3n) is 3.23. The second-order valence-corrected chi connectivity index (χ2v) is 5.13. The summed E-state index contributed by atoms with van der Waals surface area (Å²) in [6.07, 6.45) is 3.19. The van der Waals surface area contributed by atoms with E-state index in [9.17, 15) is 4.79 Å². The van der Waals surface area contributed by atoms with E-state index < -0.39 is 0 Å². The Balaban J connectivity index is 2.16. The van der Waals surface area contributed by atoms with Crippen LogP contribution >= 0.6 is 0 Å². The summed E-state index contributed by atoms with van der Waals surface area (Å²) in [7, 11) is 1.87. The van der Waals surface area contributed by atoms with Gasteiger partial charge in [0.15, 0.2) is 0 Å². The Morgan fingerprint density at radius 1 is 1.41 bits per heavy atom. The van der Waals surface area contributed by atoms with Crippen molar-refractivity contribution in [2.24, 2.45) is 5.92 Å². The van der Waals surface area contributed by atoms with Gasteiger partial charge in [0, 0.05) is 20.0 Å². The first-order valence-corrected chi connectivity index (χ1v) is 6.66. The van der Waals surface area contributed by atoms with E-state index in [2.05, 4.69) is 5.32 Å². The molecule has 1 aliphatic heterocycles. The Morgan fingerprint density at radius 3 is 2.65 bits per heavy atom. The normalized spacial score (nSPS) is 17.4. The SMILES string of the molecule is CC(C)OCCN(C)C(=O)CC1CCNCC1. The smallest absolute Gasteiger partial charge is 0.222 e. The van der Waals surface area contributed by atoms with Gasteiger partial charge in [-0.05, 0) is 45.7 Å². The number of piperidine rings is 1. The second-order valence-electron chi connectivity index (χ2n) is 5.13. The fraction of sp³-hybridized carbons (Fsp3) is 0.923. The average molecular weight is 242 g/mol. The lowest BCUT2D eigenvalue weighted by Crippen LogP contribution is -2.35. The lowest BCUT2D eigenvalue weighted by Gasteiger charge is -2.25. The number of carbonyl (C=O) groups excluding carboxylic acids is 1. The molecular weight excluding hydrogens is 216 g/mol. The summed E-state index contributed by atoms with van der Waals surface area (Å²) in [5.41, 5.74) is 0. The summed E-state index contributed by atoms with van der Waals surface area (Å²) in [4.78, 5) is 13.7. The van der Waals surface area contributed by atoms with Crippen molar-refractivity contribution in [2.45, 2.75) is 39.2 Å². The molecule has 4 nitrogen and oxygen atoms in total. The molecule has 1 aliphatic rings. The quantitative estimate of drug-likeness (QED) is 0.762. The van der Waals surface area contributed by atoms with Gasteiger partial charge in [-0.25, -0.2) is 0 Å². The molecule has 1 rings (SSSR count). The van der Waals surface area contributed by atoms with E-state index in [-0.39, 0.29) is 12.0 Å². The van der Waals surface area contributed by atoms with Crippen LogP contribution in [0.15, 0.2) is 0 Å². The van der Waals surface area contributed by atoms with Crippen molar-refractivity contribution in [3.8, 4) is 0 Å². The average Bonchev–Trinajstić information content (AvgIpc) is 2.29. The van der Waals surface area contributed by atoms with Gasteiger partial charge in [-0.1, -0.05) is 0 Å². The van der Waals surface area contributed by atoms with Crippen LogP contribution in [-0.4, -0.2) is 50.2 Å². The van der Waals surface area contributed by atoms with Crippen molar-refractivity contribution in [1.82, 2.24) is 10.2 Å². The standard InChI is InChI=1S/C13H26N2O2/c1-11(2)17-9-8-15(3)13(16)10-12-4-6-14-7-5-12/h11-12,14H,4-10H2,1-3H3. The molecule has 1 saturated heterocycles. The van der Waals surface area contributed by atoms with Crippen LogP contribution in [0, 0.1) is 5.92 Å². The van der Waals surface area contributed by atoms with E-state index in [4.69, 9.17) is 4.74 Å². The van der Waals surface area contributed by atoms with E-state index in [1.165, 1.54) is 0 Å². The number of nitrogens with one attached hydrogen (secondary N) is 1. The number of likely N-dealkylation sites (N-methyl/N-ethyl adjacent to an activating group) is 1. The van der Waals surface area contributed by atoms with E-state index in [1.54, 1.807) is 4.90 Å². The van der Waals surface area contributed by atoms with E-state index in [0.29, 0.717) is 25.5 Å². The van der Waals surface area contributed by atoms with Gasteiger partial charge in [0.1, 0.15) is 0 Å². The molecule has 1 N–H and O–H groups in total. The second kappa shape index (κ2) is 7.67. The van der Waals surface area contributed by atoms with Crippen molar-refractivity contribution < 1.29 is 9.53 Å². The Hall–Kier alpha value is -0.610. The zero-order chi connectivity index (χ0) is 12.7. The molecule has 0 aromatic carbocycles. The monoisotopic (exact) mass is 242 g/mol. The molecule has 0 aromatic heterocycles. The fourth-order valence-corrected chi connectivity index (χ4v) is 2.04. The van der Waals surface area contributed by atoms with Crippen LogP contribution in [0.3, 0.4) is 0 Å². The summed E-state index contributed by atoms with van der Waals surface area (Å²) in [5.74, 6) is 0.821. The predicted octanol–water partition coefficient (Wildman–Crippen LogP) is 1.26. The Morgan fingerprint density at radius 2 is 2.06 bits per heavy atom. The van der Waals surface area contributed by atoms with Crippen LogP contribution in [0.1, 0.15) is 33.1 Å². The number of hydrogen-bond donors (Lipinski definition) is 1. The van der Waals surface area contributed by atoms with Gasteiger partial charge >= 0.3 is 0 Å². The van der Waals surface area contributed by atoms with Gasteiger partial charge in [0.25, 0.3) is 0 Å². The Bertz CT molecular complexity index is 225. The van der Waals surface area contributed by atoms with Gasteiger partial charge in [0.2, 0.25) is 5.91 Å². The first kappa shape index (κ1) is 14.5. The number of ether oxygens (including phenoxy) is 1. The summed E-state index contributed by atoms with van der Waals surface area (Å²) < 4.78 is 5.45. The van der Waals surface area contributed by atoms with Gasteiger partial charge in [-0.3, -0.25) is 4.79 Å². The molecule has 0 spiro atoms. The maximum atomic E-state index is 11.9. The van der Waals surface area contributed by atoms with Gasteiger partial charge in [-0.15, -0.1) is 0 Å². The van der Waals surface area contributed by atoms with E-state index >= 15 is 0 Å². The van der Waals surface area contributed by atoms with Crippen LogP contribution in [0.5, 0.6) is 0 Å². The van der Waals surface area contributed by atoms with Crippen LogP contribution < -0.4 is 5.32 Å². The summed E-state index contributed by atoms with van der Waals surface area (Å²) in [5, 5.41) is 3.32. The molecule has 0 aromatic rings. The van der Waals surface area contributed by atoms with Crippen LogP contribution in [0.2, 0.25) is 0 Å². The maximum absolute atomic E-state index is 11.9. The van der Waals surface area contributed by atoms with Gasteiger partial charge in [-0.2, -0.15) is 0 Å². The minimum Gasteiger partial charge on any atom is -0.377 e. The molecule has 0 atom stereocenters. The summed E-state index contributed by atoms with van der Waals surface area (Å²) in [6, 6.07) is 0. The summed E-state index contributed by atoms with van der Waals surface area (Å²) >= 11 is 0. The third-order valence-corrected chi connectivity index (χ3v) is 3.23. The fourth-order valence-electron chi connectivity index (χ4n) is 2.04. The van der Waals surface area contributed by atoms with Crippen LogP contribution in [0.25, 0.3) is 0 Å². The first-order chi connectivity index (χ1) is 8.09. The number of nitrogens with zero attached hydrogens (tertiary/aromatic N) is 1. The van der Waals surface area contributed by atoms with Crippen molar-refractivity contribution >= 4 is 5.91 Å². The van der Waals surface area contributed by atoms with Crippen LogP contribution in [0.4, 0.5) is 0 Å². The topological polar surface area (TPSA) is 41.6 Å². The number of amides is 1. The Kier molecular flexibility index (Phi) is 6.52. The lowest BCUT2D eigenvalue weighted by atomic mass is 9.94. The zero-order valence-electron chi connectivity index (χ0n) is 11.4. The molecule has 0 saturated carbocycles. The highest BCUT2D eigenvalue weighted by atomic mass is 16.5. The minimum absolute atomic E-state index is 0.239. The molecule has 0 radical (unpaired) electrons. The molecular formula is C13H26N2O2. The Labute approximate surface area is 105 Å². The molecule has 4 heteroatoms. The molecule has 0 unspecified atom stereocenters. The highest BCUT2D eigenvalue weighted by Gasteiger charge is 2.18. The predicted molar refractivity (Wildman–Crippen MR) is 68.9 cm³/mol. The molecule has 1 amide bonds. The van der Waals surface area contributed by atoms with E-state index in [1.807, 2.05) is 20.9 Å². The number of carbonyl (C=O) groups is 1. The number of hydrogen-bond acceptors (Lipinski definition) is 3. The molecule has 1 heterocycles. The van der Waals surface area contributed by atoms with Crippen molar-refractivity contribution in [3.05, 3.63) is 0 Å². The summed E-state index contributed by atoms with van der Waals surface area (Å²) in [6.45, 7) is 7.46. The molecule has 1 fully saturated rings.